The molecule has 1 heterocycles. The van der Waals surface area contributed by atoms with Crippen LogP contribution in [0, 0.1) is 0 Å². The fourth-order valence-electron chi connectivity index (χ4n) is 2.09. The number of ether oxygens (including phenoxy) is 1. The van der Waals surface area contributed by atoms with Gasteiger partial charge in [0, 0.05) is 32.7 Å². The molecule has 0 aromatic heterocycles. The molecule has 0 unspecified atom stereocenters. The molecule has 0 saturated carbocycles. The van der Waals surface area contributed by atoms with Gasteiger partial charge < -0.3 is 14.7 Å². The van der Waals surface area contributed by atoms with Gasteiger partial charge in [-0.25, -0.2) is 0 Å². The molecular formula is C14H22N2O2. The maximum atomic E-state index is 9.95. The number of para-hydroxylation sites is 1. The Balaban J connectivity index is 1.67. The van der Waals surface area contributed by atoms with E-state index >= 15 is 0 Å². The number of rotatable bonds is 5. The predicted octanol–water partition coefficient (Wildman–Crippen LogP) is 0.674. The molecule has 18 heavy (non-hydrogen) atoms. The van der Waals surface area contributed by atoms with Crippen LogP contribution in [0.15, 0.2) is 30.3 Å². The van der Waals surface area contributed by atoms with Crippen LogP contribution in [0.5, 0.6) is 5.75 Å². The standard InChI is InChI=1S/C14H22N2O2/c1-15-7-9-16(10-8-15)11-13(17)12-18-14-5-3-2-4-6-14/h2-6,13,17H,7-12H2,1H3/t13-/m0/s1. The van der Waals surface area contributed by atoms with Gasteiger partial charge in [-0.3, -0.25) is 4.90 Å². The van der Waals surface area contributed by atoms with Crippen LogP contribution in [0.25, 0.3) is 0 Å². The molecule has 1 saturated heterocycles. The molecule has 4 nitrogen and oxygen atoms in total. The summed E-state index contributed by atoms with van der Waals surface area (Å²) >= 11 is 0. The third kappa shape index (κ3) is 4.29. The fourth-order valence-corrected chi connectivity index (χ4v) is 2.09. The van der Waals surface area contributed by atoms with Crippen molar-refractivity contribution in [2.75, 3.05) is 46.4 Å². The number of aliphatic hydroxyl groups is 1. The molecule has 0 amide bonds. The third-order valence-electron chi connectivity index (χ3n) is 3.25. The average molecular weight is 250 g/mol. The van der Waals surface area contributed by atoms with Crippen LogP contribution >= 0.6 is 0 Å². The lowest BCUT2D eigenvalue weighted by molar-refractivity contribution is 0.0505. The van der Waals surface area contributed by atoms with E-state index < -0.39 is 6.10 Å². The lowest BCUT2D eigenvalue weighted by Crippen LogP contribution is -2.47. The Morgan fingerprint density at radius 1 is 1.17 bits per heavy atom. The van der Waals surface area contributed by atoms with Crippen molar-refractivity contribution >= 4 is 0 Å². The SMILES string of the molecule is CN1CCN(C[C@H](O)COc2ccccc2)CC1. The van der Waals surface area contributed by atoms with Gasteiger partial charge in [0.2, 0.25) is 0 Å². The number of likely N-dealkylation sites (N-methyl/N-ethyl adjacent to an activating group) is 1. The highest BCUT2D eigenvalue weighted by Crippen LogP contribution is 2.09. The number of piperazine rings is 1. The summed E-state index contributed by atoms with van der Waals surface area (Å²) in [7, 11) is 2.13. The van der Waals surface area contributed by atoms with Gasteiger partial charge >= 0.3 is 0 Å². The first-order valence-corrected chi connectivity index (χ1v) is 6.51. The van der Waals surface area contributed by atoms with Crippen molar-refractivity contribution in [1.82, 2.24) is 9.80 Å². The summed E-state index contributed by atoms with van der Waals surface area (Å²) in [5.74, 6) is 0.815. The Labute approximate surface area is 109 Å². The third-order valence-corrected chi connectivity index (χ3v) is 3.25. The summed E-state index contributed by atoms with van der Waals surface area (Å²) in [6.45, 7) is 5.26. The van der Waals surface area contributed by atoms with Crippen molar-refractivity contribution in [2.24, 2.45) is 0 Å². The maximum absolute atomic E-state index is 9.95. The van der Waals surface area contributed by atoms with Crippen LogP contribution in [-0.4, -0.2) is 67.4 Å². The van der Waals surface area contributed by atoms with Crippen molar-refractivity contribution in [3.8, 4) is 5.75 Å². The topological polar surface area (TPSA) is 35.9 Å². The lowest BCUT2D eigenvalue weighted by atomic mass is 10.3. The molecule has 1 aromatic rings. The molecule has 1 atom stereocenters. The van der Waals surface area contributed by atoms with Gasteiger partial charge in [0.05, 0.1) is 0 Å². The molecule has 100 valence electrons. The summed E-state index contributed by atoms with van der Waals surface area (Å²) in [4.78, 5) is 4.60. The summed E-state index contributed by atoms with van der Waals surface area (Å²) in [6.07, 6.45) is -0.423. The van der Waals surface area contributed by atoms with Crippen molar-refractivity contribution in [2.45, 2.75) is 6.10 Å². The fraction of sp³-hybridized carbons (Fsp3) is 0.571. The van der Waals surface area contributed by atoms with Crippen LogP contribution in [0.1, 0.15) is 0 Å². The molecule has 0 bridgehead atoms. The van der Waals surface area contributed by atoms with Crippen LogP contribution in [0.3, 0.4) is 0 Å². The van der Waals surface area contributed by atoms with Gasteiger partial charge in [-0.15, -0.1) is 0 Å². The van der Waals surface area contributed by atoms with Gasteiger partial charge in [0.1, 0.15) is 18.5 Å². The van der Waals surface area contributed by atoms with Gasteiger partial charge in [-0.05, 0) is 19.2 Å². The van der Waals surface area contributed by atoms with E-state index in [1.807, 2.05) is 30.3 Å². The second-order valence-electron chi connectivity index (χ2n) is 4.88. The number of benzene rings is 1. The van der Waals surface area contributed by atoms with Crippen molar-refractivity contribution in [3.05, 3.63) is 30.3 Å². The highest BCUT2D eigenvalue weighted by atomic mass is 16.5. The Bertz CT molecular complexity index is 337. The molecule has 0 radical (unpaired) electrons. The molecule has 0 aliphatic carbocycles. The molecule has 1 aromatic carbocycles. The van der Waals surface area contributed by atoms with Crippen LogP contribution in [0.4, 0.5) is 0 Å². The highest BCUT2D eigenvalue weighted by Gasteiger charge is 2.17. The van der Waals surface area contributed by atoms with Gasteiger partial charge in [0.25, 0.3) is 0 Å². The minimum Gasteiger partial charge on any atom is -0.491 e. The molecule has 1 N–H and O–H groups in total. The molecular weight excluding hydrogens is 228 g/mol. The van der Waals surface area contributed by atoms with E-state index in [2.05, 4.69) is 16.8 Å². The van der Waals surface area contributed by atoms with Crippen molar-refractivity contribution in [1.29, 1.82) is 0 Å². The summed E-state index contributed by atoms with van der Waals surface area (Å²) in [5, 5.41) is 9.95. The minimum absolute atomic E-state index is 0.357. The first-order valence-electron chi connectivity index (χ1n) is 6.51. The van der Waals surface area contributed by atoms with E-state index in [0.29, 0.717) is 13.2 Å². The maximum Gasteiger partial charge on any atom is 0.119 e. The molecule has 1 aliphatic rings. The van der Waals surface area contributed by atoms with E-state index in [1.54, 1.807) is 0 Å². The van der Waals surface area contributed by atoms with Gasteiger partial charge in [-0.2, -0.15) is 0 Å². The monoisotopic (exact) mass is 250 g/mol. The molecule has 0 spiro atoms. The first kappa shape index (κ1) is 13.3. The number of hydrogen-bond donors (Lipinski definition) is 1. The molecule has 4 heteroatoms. The quantitative estimate of drug-likeness (QED) is 0.833. The summed E-state index contributed by atoms with van der Waals surface area (Å²) in [5.41, 5.74) is 0. The van der Waals surface area contributed by atoms with Gasteiger partial charge in [-0.1, -0.05) is 18.2 Å². The van der Waals surface area contributed by atoms with Crippen LogP contribution < -0.4 is 4.74 Å². The van der Waals surface area contributed by atoms with E-state index in [-0.39, 0.29) is 0 Å². The second-order valence-corrected chi connectivity index (χ2v) is 4.88. The van der Waals surface area contributed by atoms with Crippen LogP contribution in [0.2, 0.25) is 0 Å². The Kier molecular flexibility index (Phi) is 4.99. The summed E-state index contributed by atoms with van der Waals surface area (Å²) in [6, 6.07) is 9.63. The zero-order chi connectivity index (χ0) is 12.8. The largest absolute Gasteiger partial charge is 0.491 e. The van der Waals surface area contributed by atoms with E-state index in [9.17, 15) is 5.11 Å². The van der Waals surface area contributed by atoms with E-state index in [4.69, 9.17) is 4.74 Å². The van der Waals surface area contributed by atoms with E-state index in [1.165, 1.54) is 0 Å². The Hall–Kier alpha value is -1.10. The lowest BCUT2D eigenvalue weighted by Gasteiger charge is -2.33. The van der Waals surface area contributed by atoms with E-state index in [0.717, 1.165) is 31.9 Å². The van der Waals surface area contributed by atoms with Crippen molar-refractivity contribution in [3.63, 3.8) is 0 Å². The van der Waals surface area contributed by atoms with Crippen molar-refractivity contribution < 1.29 is 9.84 Å². The first-order chi connectivity index (χ1) is 8.74. The highest BCUT2D eigenvalue weighted by molar-refractivity contribution is 5.20. The van der Waals surface area contributed by atoms with Gasteiger partial charge in [0.15, 0.2) is 0 Å². The Morgan fingerprint density at radius 2 is 1.83 bits per heavy atom. The molecule has 2 rings (SSSR count). The second kappa shape index (κ2) is 6.73. The Morgan fingerprint density at radius 3 is 2.50 bits per heavy atom. The predicted molar refractivity (Wildman–Crippen MR) is 71.9 cm³/mol. The smallest absolute Gasteiger partial charge is 0.119 e. The number of hydrogen-bond acceptors (Lipinski definition) is 4. The average Bonchev–Trinajstić information content (AvgIpc) is 2.40. The number of nitrogens with zero attached hydrogens (tertiary/aromatic N) is 2. The number of β-amino-alcohol motifs (C(OH)–C–C–N with tert-alkyl or cyclic N) is 1. The molecule has 1 fully saturated rings. The minimum atomic E-state index is -0.423. The summed E-state index contributed by atoms with van der Waals surface area (Å²) < 4.78 is 5.54. The zero-order valence-electron chi connectivity index (χ0n) is 11.0. The normalized spacial score (nSPS) is 19.7. The van der Waals surface area contributed by atoms with Crippen LogP contribution in [-0.2, 0) is 0 Å². The molecule has 1 aliphatic heterocycles. The zero-order valence-corrected chi connectivity index (χ0v) is 11.0. The number of aliphatic hydroxyl groups excluding tert-OH is 1.